The molecule has 40 heavy (non-hydrogen) atoms. The number of piperidine rings is 1. The number of nitrogens with one attached hydrogen (secondary N) is 1. The number of halogens is 4. The van der Waals surface area contributed by atoms with Crippen molar-refractivity contribution in [3.8, 4) is 17.1 Å². The van der Waals surface area contributed by atoms with Crippen molar-refractivity contribution in [1.82, 2.24) is 28.7 Å². The third-order valence-electron chi connectivity index (χ3n) is 7.58. The normalized spacial score (nSPS) is 18.2. The fourth-order valence-electron chi connectivity index (χ4n) is 5.21. The molecule has 216 valence electrons. The van der Waals surface area contributed by atoms with Crippen molar-refractivity contribution < 1.29 is 26.0 Å². The standard InChI is InChI=1S/C26H31F4N7O2S/c1-4-35-13-18(14-35)17-5-6-23(21(27)11-17)37-15-22(32-16(37)2)24-20(26(28,29)30)12-31-25(34-24)33-19-7-9-36(10-8-19)40(3,38)39/h5-6,11-12,15,18-19H,4,7-10,13-14H2,1-3H3,(H,31,33,34). The van der Waals surface area contributed by atoms with Crippen molar-refractivity contribution in [3.63, 3.8) is 0 Å². The number of anilines is 1. The molecule has 2 fully saturated rings. The summed E-state index contributed by atoms with van der Waals surface area (Å²) in [4.78, 5) is 14.6. The molecule has 0 aliphatic carbocycles. The van der Waals surface area contributed by atoms with Crippen LogP contribution < -0.4 is 5.32 Å². The summed E-state index contributed by atoms with van der Waals surface area (Å²) >= 11 is 0. The zero-order valence-electron chi connectivity index (χ0n) is 22.4. The summed E-state index contributed by atoms with van der Waals surface area (Å²) in [5, 5.41) is 3.03. The van der Waals surface area contributed by atoms with Crippen LogP contribution in [0.2, 0.25) is 0 Å². The summed E-state index contributed by atoms with van der Waals surface area (Å²) in [5.41, 5.74) is -0.479. The van der Waals surface area contributed by atoms with Crippen LogP contribution in [0.3, 0.4) is 0 Å². The van der Waals surface area contributed by atoms with E-state index < -0.39 is 33.3 Å². The van der Waals surface area contributed by atoms with Crippen LogP contribution in [0.4, 0.5) is 23.5 Å². The molecule has 4 heterocycles. The molecular formula is C26H31F4N7O2S. The lowest BCUT2D eigenvalue weighted by Gasteiger charge is -2.38. The molecule has 0 bridgehead atoms. The van der Waals surface area contributed by atoms with Gasteiger partial charge in [-0.3, -0.25) is 0 Å². The maximum absolute atomic E-state index is 15.2. The van der Waals surface area contributed by atoms with Crippen LogP contribution in [0.25, 0.3) is 17.1 Å². The van der Waals surface area contributed by atoms with Crippen LogP contribution in [0.5, 0.6) is 0 Å². The van der Waals surface area contributed by atoms with Gasteiger partial charge in [-0.2, -0.15) is 13.2 Å². The SMILES string of the molecule is CCN1CC(c2ccc(-n3cc(-c4nc(NC5CCN(S(C)(=O)=O)CC5)ncc4C(F)(F)F)nc3C)c(F)c2)C1. The second-order valence-corrected chi connectivity index (χ2v) is 12.3. The first-order valence-electron chi connectivity index (χ1n) is 13.1. The molecule has 0 spiro atoms. The molecule has 1 N–H and O–H groups in total. The predicted octanol–water partition coefficient (Wildman–Crippen LogP) is 4.05. The van der Waals surface area contributed by atoms with Gasteiger partial charge in [-0.25, -0.2) is 32.1 Å². The zero-order valence-corrected chi connectivity index (χ0v) is 23.2. The van der Waals surface area contributed by atoms with E-state index in [-0.39, 0.29) is 42.4 Å². The molecule has 2 aliphatic heterocycles. The van der Waals surface area contributed by atoms with Gasteiger partial charge in [0.2, 0.25) is 16.0 Å². The fourth-order valence-corrected chi connectivity index (χ4v) is 6.08. The third kappa shape index (κ3) is 5.84. The Bertz CT molecular complexity index is 1500. The molecule has 9 nitrogen and oxygen atoms in total. The fraction of sp³-hybridized carbons (Fsp3) is 0.500. The van der Waals surface area contributed by atoms with E-state index in [4.69, 9.17) is 0 Å². The van der Waals surface area contributed by atoms with Crippen molar-refractivity contribution in [2.24, 2.45) is 0 Å². The molecule has 2 aliphatic rings. The van der Waals surface area contributed by atoms with Crippen LogP contribution in [0.15, 0.2) is 30.6 Å². The molecule has 0 unspecified atom stereocenters. The first kappa shape index (κ1) is 28.4. The van der Waals surface area contributed by atoms with E-state index in [2.05, 4.69) is 32.1 Å². The maximum atomic E-state index is 15.2. The second-order valence-electron chi connectivity index (χ2n) is 10.3. The van der Waals surface area contributed by atoms with Gasteiger partial charge in [-0.1, -0.05) is 13.0 Å². The first-order valence-corrected chi connectivity index (χ1v) is 14.9. The topological polar surface area (TPSA) is 96.2 Å². The van der Waals surface area contributed by atoms with E-state index >= 15 is 4.39 Å². The lowest BCUT2D eigenvalue weighted by Crippen LogP contribution is -2.44. The van der Waals surface area contributed by atoms with E-state index in [9.17, 15) is 21.6 Å². The largest absolute Gasteiger partial charge is 0.420 e. The number of aryl methyl sites for hydroxylation is 1. The summed E-state index contributed by atoms with van der Waals surface area (Å²) < 4.78 is 83.3. The van der Waals surface area contributed by atoms with Crippen molar-refractivity contribution >= 4 is 16.0 Å². The van der Waals surface area contributed by atoms with Gasteiger partial charge in [0.05, 0.1) is 11.9 Å². The number of sulfonamides is 1. The van der Waals surface area contributed by atoms with Gasteiger partial charge in [0.25, 0.3) is 0 Å². The maximum Gasteiger partial charge on any atom is 0.420 e. The zero-order chi connectivity index (χ0) is 28.8. The van der Waals surface area contributed by atoms with E-state index in [0.717, 1.165) is 31.5 Å². The number of benzene rings is 1. The number of alkyl halides is 3. The van der Waals surface area contributed by atoms with Crippen molar-refractivity contribution in [2.45, 2.75) is 44.8 Å². The number of aromatic nitrogens is 4. The molecule has 2 saturated heterocycles. The lowest BCUT2D eigenvalue weighted by atomic mass is 9.91. The van der Waals surface area contributed by atoms with E-state index in [1.807, 2.05) is 6.07 Å². The van der Waals surface area contributed by atoms with Gasteiger partial charge in [-0.05, 0) is 44.0 Å². The Morgan fingerprint density at radius 2 is 1.82 bits per heavy atom. The molecule has 14 heteroatoms. The second kappa shape index (κ2) is 10.7. The molecule has 0 amide bonds. The molecule has 0 atom stereocenters. The molecule has 3 aromatic rings. The molecule has 1 aromatic carbocycles. The summed E-state index contributed by atoms with van der Waals surface area (Å²) in [6.07, 6.45) is -0.643. The number of likely N-dealkylation sites (N-methyl/N-ethyl adjacent to an activating group) is 1. The number of rotatable bonds is 7. The van der Waals surface area contributed by atoms with Gasteiger partial charge in [0.1, 0.15) is 28.6 Å². The summed E-state index contributed by atoms with van der Waals surface area (Å²) in [6, 6.07) is 4.74. The van der Waals surface area contributed by atoms with Crippen molar-refractivity contribution in [1.29, 1.82) is 0 Å². The Labute approximate surface area is 230 Å². The minimum atomic E-state index is -4.74. The van der Waals surface area contributed by atoms with Gasteiger partial charge < -0.3 is 14.8 Å². The van der Waals surface area contributed by atoms with Crippen LogP contribution >= 0.6 is 0 Å². The molecule has 2 aromatic heterocycles. The molecular weight excluding hydrogens is 550 g/mol. The van der Waals surface area contributed by atoms with Crippen LogP contribution in [0.1, 0.15) is 42.6 Å². The van der Waals surface area contributed by atoms with Crippen molar-refractivity contribution in [3.05, 3.63) is 53.4 Å². The van der Waals surface area contributed by atoms with Crippen LogP contribution in [-0.4, -0.2) is 82.2 Å². The highest BCUT2D eigenvalue weighted by molar-refractivity contribution is 7.88. The van der Waals surface area contributed by atoms with Gasteiger partial charge in [-0.15, -0.1) is 0 Å². The van der Waals surface area contributed by atoms with Gasteiger partial charge in [0.15, 0.2) is 0 Å². The number of hydrogen-bond acceptors (Lipinski definition) is 7. The van der Waals surface area contributed by atoms with E-state index in [0.29, 0.717) is 24.9 Å². The third-order valence-corrected chi connectivity index (χ3v) is 8.89. The minimum Gasteiger partial charge on any atom is -0.351 e. The van der Waals surface area contributed by atoms with Crippen LogP contribution in [0, 0.1) is 12.7 Å². The van der Waals surface area contributed by atoms with Gasteiger partial charge in [0, 0.05) is 50.5 Å². The number of likely N-dealkylation sites (tertiary alicyclic amines) is 1. The Morgan fingerprint density at radius 1 is 1.12 bits per heavy atom. The molecule has 0 saturated carbocycles. The Kier molecular flexibility index (Phi) is 7.61. The van der Waals surface area contributed by atoms with E-state index in [1.165, 1.54) is 21.1 Å². The molecule has 0 radical (unpaired) electrons. The Hall–Kier alpha value is -3.10. The highest BCUT2D eigenvalue weighted by atomic mass is 32.2. The number of nitrogens with zero attached hydrogens (tertiary/aromatic N) is 6. The smallest absolute Gasteiger partial charge is 0.351 e. The highest BCUT2D eigenvalue weighted by Gasteiger charge is 2.37. The number of hydrogen-bond donors (Lipinski definition) is 1. The first-order chi connectivity index (χ1) is 18.8. The quantitative estimate of drug-likeness (QED) is 0.421. The average Bonchev–Trinajstić information content (AvgIpc) is 3.24. The van der Waals surface area contributed by atoms with E-state index in [1.54, 1.807) is 13.0 Å². The van der Waals surface area contributed by atoms with Crippen LogP contribution in [-0.2, 0) is 16.2 Å². The minimum absolute atomic E-state index is 0.0230. The Morgan fingerprint density at radius 3 is 2.42 bits per heavy atom. The summed E-state index contributed by atoms with van der Waals surface area (Å²) in [5.74, 6) is 0.0471. The summed E-state index contributed by atoms with van der Waals surface area (Å²) in [6.45, 7) is 6.91. The summed E-state index contributed by atoms with van der Waals surface area (Å²) in [7, 11) is -3.31. The van der Waals surface area contributed by atoms with Gasteiger partial charge >= 0.3 is 6.18 Å². The Balaban J connectivity index is 1.41. The number of imidazole rings is 1. The lowest BCUT2D eigenvalue weighted by molar-refractivity contribution is -0.137. The predicted molar refractivity (Wildman–Crippen MR) is 142 cm³/mol. The highest BCUT2D eigenvalue weighted by Crippen LogP contribution is 2.37. The monoisotopic (exact) mass is 581 g/mol. The average molecular weight is 582 g/mol. The van der Waals surface area contributed by atoms with Crippen molar-refractivity contribution in [2.75, 3.05) is 44.3 Å². The molecule has 5 rings (SSSR count).